The quantitative estimate of drug-likeness (QED) is 0.164. The molecule has 1 nitrogen and oxygen atoms in total. The van der Waals surface area contributed by atoms with Crippen molar-refractivity contribution in [2.24, 2.45) is 0 Å². The van der Waals surface area contributed by atoms with Gasteiger partial charge in [0, 0.05) is 22.2 Å². The first kappa shape index (κ1) is 34.1. The lowest BCUT2D eigenvalue weighted by Crippen LogP contribution is -2.24. The summed E-state index contributed by atoms with van der Waals surface area (Å²) in [7, 11) is 0. The minimum atomic E-state index is -0.156. The van der Waals surface area contributed by atoms with Gasteiger partial charge in [0.1, 0.15) is 0 Å². The maximum Gasteiger partial charge on any atom is 0.0540 e. The van der Waals surface area contributed by atoms with Gasteiger partial charge in [-0.15, -0.1) is 0 Å². The van der Waals surface area contributed by atoms with E-state index < -0.39 is 0 Å². The van der Waals surface area contributed by atoms with Crippen LogP contribution in [0.15, 0.2) is 212 Å². The molecule has 0 bridgehead atoms. The highest BCUT2D eigenvalue weighted by Crippen LogP contribution is 2.53. The highest BCUT2D eigenvalue weighted by Gasteiger charge is 2.35. The maximum absolute atomic E-state index is 2.45. The maximum atomic E-state index is 2.45. The van der Waals surface area contributed by atoms with E-state index in [0.29, 0.717) is 0 Å². The lowest BCUT2D eigenvalue weighted by Gasteiger charge is -2.36. The van der Waals surface area contributed by atoms with Crippen LogP contribution in [-0.2, 0) is 5.41 Å². The van der Waals surface area contributed by atoms with Crippen molar-refractivity contribution < 1.29 is 0 Å². The minimum Gasteiger partial charge on any atom is -0.310 e. The van der Waals surface area contributed by atoms with Crippen molar-refractivity contribution in [2.75, 3.05) is 4.90 Å². The molecule has 0 aliphatic heterocycles. The molecule has 0 unspecified atom stereocenters. The first-order valence-electron chi connectivity index (χ1n) is 20.3. The number of hydrogen-bond donors (Lipinski definition) is 0. The third kappa shape index (κ3) is 5.46. The van der Waals surface area contributed by atoms with Crippen molar-refractivity contribution in [1.29, 1.82) is 0 Å². The van der Waals surface area contributed by atoms with Crippen LogP contribution in [0.3, 0.4) is 0 Å². The Hall–Kier alpha value is -7.22. The van der Waals surface area contributed by atoms with Crippen LogP contribution in [0.2, 0.25) is 0 Å². The van der Waals surface area contributed by atoms with Gasteiger partial charge in [0.05, 0.1) is 5.69 Å². The van der Waals surface area contributed by atoms with Crippen molar-refractivity contribution >= 4 is 49.4 Å². The predicted octanol–water partition coefficient (Wildman–Crippen LogP) is 15.9. The van der Waals surface area contributed by atoms with Gasteiger partial charge in [-0.3, -0.25) is 0 Å². The summed E-state index contributed by atoms with van der Waals surface area (Å²) in [6.07, 6.45) is 0. The van der Waals surface area contributed by atoms with Crippen LogP contribution in [-0.4, -0.2) is 0 Å². The summed E-state index contributed by atoms with van der Waals surface area (Å²) in [5.74, 6) is 0. The van der Waals surface area contributed by atoms with E-state index in [-0.39, 0.29) is 5.41 Å². The zero-order valence-corrected chi connectivity index (χ0v) is 32.7. The Labute approximate surface area is 340 Å². The highest BCUT2D eigenvalue weighted by molar-refractivity contribution is 6.12. The van der Waals surface area contributed by atoms with E-state index in [1.807, 2.05) is 0 Å². The smallest absolute Gasteiger partial charge is 0.0540 e. The summed E-state index contributed by atoms with van der Waals surface area (Å²) in [5, 5.41) is 7.63. The molecule has 10 aromatic rings. The van der Waals surface area contributed by atoms with Gasteiger partial charge < -0.3 is 4.90 Å². The lowest BCUT2D eigenvalue weighted by atomic mass is 9.67. The monoisotopic (exact) mass is 739 g/mol. The lowest BCUT2D eigenvalue weighted by molar-refractivity contribution is 0.645. The zero-order chi connectivity index (χ0) is 38.8. The molecule has 1 heteroatoms. The zero-order valence-electron chi connectivity index (χ0n) is 32.7. The number of anilines is 3. The van der Waals surface area contributed by atoms with Crippen LogP contribution in [0.4, 0.5) is 17.1 Å². The van der Waals surface area contributed by atoms with Crippen LogP contribution < -0.4 is 4.90 Å². The molecule has 0 spiro atoms. The van der Waals surface area contributed by atoms with Gasteiger partial charge in [0.2, 0.25) is 0 Å². The fraction of sp³-hybridized carbons (Fsp3) is 0.0526. The van der Waals surface area contributed by atoms with Crippen molar-refractivity contribution in [2.45, 2.75) is 19.3 Å². The molecule has 0 radical (unpaired) electrons. The van der Waals surface area contributed by atoms with E-state index >= 15 is 0 Å². The van der Waals surface area contributed by atoms with E-state index in [1.54, 1.807) is 0 Å². The molecular formula is C57H41N. The average molecular weight is 740 g/mol. The standard InChI is InChI=1S/C57H41N/c1-57(2)52-36-30-44(37-51(52)56-50(35-29-43-19-11-23-53(57)55(43)56)49-22-10-17-41-15-6-8-20-47(41)49)40-27-33-46(34-28-40)58(54-24-12-18-42-16-7-9-21-48(42)54)45-31-25-39(26-32-45)38-13-4-3-5-14-38/h3-37H,1-2H3. The van der Waals surface area contributed by atoms with Crippen molar-refractivity contribution in [3.05, 3.63) is 223 Å². The Morgan fingerprint density at radius 2 is 0.897 bits per heavy atom. The van der Waals surface area contributed by atoms with E-state index in [4.69, 9.17) is 0 Å². The summed E-state index contributed by atoms with van der Waals surface area (Å²) >= 11 is 0. The second-order valence-corrected chi connectivity index (χ2v) is 16.1. The topological polar surface area (TPSA) is 3.24 Å². The van der Waals surface area contributed by atoms with Crippen molar-refractivity contribution in [3.63, 3.8) is 0 Å². The van der Waals surface area contributed by atoms with Crippen molar-refractivity contribution in [3.8, 4) is 44.5 Å². The fourth-order valence-corrected chi connectivity index (χ4v) is 9.55. The molecular weight excluding hydrogens is 699 g/mol. The summed E-state index contributed by atoms with van der Waals surface area (Å²) in [5.41, 5.74) is 16.0. The van der Waals surface area contributed by atoms with E-state index in [9.17, 15) is 0 Å². The molecule has 0 aromatic heterocycles. The van der Waals surface area contributed by atoms with E-state index in [1.165, 1.54) is 88.0 Å². The van der Waals surface area contributed by atoms with Crippen molar-refractivity contribution in [1.82, 2.24) is 0 Å². The first-order valence-corrected chi connectivity index (χ1v) is 20.3. The van der Waals surface area contributed by atoms with Crippen LogP contribution in [0.25, 0.3) is 76.8 Å². The van der Waals surface area contributed by atoms with Gasteiger partial charge in [-0.05, 0) is 119 Å². The molecule has 10 aromatic carbocycles. The Morgan fingerprint density at radius 1 is 0.345 bits per heavy atom. The molecule has 0 amide bonds. The number of hydrogen-bond acceptors (Lipinski definition) is 1. The highest BCUT2D eigenvalue weighted by atomic mass is 15.1. The molecule has 0 saturated heterocycles. The van der Waals surface area contributed by atoms with Gasteiger partial charge in [-0.25, -0.2) is 0 Å². The molecule has 0 atom stereocenters. The van der Waals surface area contributed by atoms with Crippen LogP contribution >= 0.6 is 0 Å². The third-order valence-electron chi connectivity index (χ3n) is 12.5. The molecule has 58 heavy (non-hydrogen) atoms. The summed E-state index contributed by atoms with van der Waals surface area (Å²) < 4.78 is 0. The van der Waals surface area contributed by atoms with Crippen LogP contribution in [0, 0.1) is 0 Å². The normalized spacial score (nSPS) is 12.8. The number of benzene rings is 10. The number of nitrogens with zero attached hydrogens (tertiary/aromatic N) is 1. The Kier molecular flexibility index (Phi) is 7.91. The molecule has 1 aliphatic rings. The van der Waals surface area contributed by atoms with Gasteiger partial charge in [0.25, 0.3) is 0 Å². The predicted molar refractivity (Wildman–Crippen MR) is 248 cm³/mol. The SMILES string of the molecule is CC1(C)c2ccc(-c3ccc(N(c4ccc(-c5ccccc5)cc4)c4cccc5ccccc45)cc3)cc2-c2c(-c3cccc4ccccc34)ccc3cccc1c23. The minimum absolute atomic E-state index is 0.156. The van der Waals surface area contributed by atoms with Crippen LogP contribution in [0.5, 0.6) is 0 Å². The molecule has 0 fully saturated rings. The molecule has 11 rings (SSSR count). The molecule has 0 N–H and O–H groups in total. The number of fused-ring (bicyclic) bond motifs is 4. The largest absolute Gasteiger partial charge is 0.310 e. The Morgan fingerprint density at radius 3 is 1.64 bits per heavy atom. The number of rotatable bonds is 6. The molecule has 1 aliphatic carbocycles. The second-order valence-electron chi connectivity index (χ2n) is 16.1. The summed E-state index contributed by atoms with van der Waals surface area (Å²) in [4.78, 5) is 2.39. The third-order valence-corrected chi connectivity index (χ3v) is 12.5. The molecule has 0 saturated carbocycles. The Bertz CT molecular complexity index is 3160. The van der Waals surface area contributed by atoms with Gasteiger partial charge in [-0.2, -0.15) is 0 Å². The van der Waals surface area contributed by atoms with E-state index in [2.05, 4.69) is 231 Å². The summed E-state index contributed by atoms with van der Waals surface area (Å²) in [6, 6.07) is 78.1. The fourth-order valence-electron chi connectivity index (χ4n) is 9.55. The molecule has 0 heterocycles. The Balaban J connectivity index is 1.05. The summed E-state index contributed by atoms with van der Waals surface area (Å²) in [6.45, 7) is 4.77. The average Bonchev–Trinajstić information content (AvgIpc) is 3.28. The second kappa shape index (κ2) is 13.5. The van der Waals surface area contributed by atoms with Gasteiger partial charge in [0.15, 0.2) is 0 Å². The van der Waals surface area contributed by atoms with E-state index in [0.717, 1.165) is 17.1 Å². The first-order chi connectivity index (χ1) is 28.5. The van der Waals surface area contributed by atoms with Gasteiger partial charge in [-0.1, -0.05) is 190 Å². The van der Waals surface area contributed by atoms with Gasteiger partial charge >= 0.3 is 0 Å². The van der Waals surface area contributed by atoms with Crippen LogP contribution in [0.1, 0.15) is 25.0 Å². The molecule has 274 valence electrons.